The molecule has 22 heavy (non-hydrogen) atoms. The summed E-state index contributed by atoms with van der Waals surface area (Å²) < 4.78 is 1.97. The number of nitrogens with zero attached hydrogens (tertiary/aromatic N) is 4. The molecule has 116 valence electrons. The number of aromatic nitrogens is 3. The van der Waals surface area contributed by atoms with Crippen LogP contribution in [0.5, 0.6) is 0 Å². The molecule has 0 bridgehead atoms. The number of likely N-dealkylation sites (tertiary alicyclic amines) is 1. The normalized spacial score (nSPS) is 21.3. The zero-order valence-electron chi connectivity index (χ0n) is 13.1. The third-order valence-corrected chi connectivity index (χ3v) is 4.41. The van der Waals surface area contributed by atoms with E-state index in [2.05, 4.69) is 23.0 Å². The molecule has 2 aromatic heterocycles. The van der Waals surface area contributed by atoms with Gasteiger partial charge in [-0.05, 0) is 30.4 Å². The van der Waals surface area contributed by atoms with Gasteiger partial charge in [-0.2, -0.15) is 0 Å². The molecule has 1 saturated heterocycles. The van der Waals surface area contributed by atoms with Crippen molar-refractivity contribution in [2.24, 2.45) is 13.0 Å². The number of carbonyl (C=O) groups excluding carboxylic acids is 1. The van der Waals surface area contributed by atoms with Gasteiger partial charge in [0.1, 0.15) is 0 Å². The summed E-state index contributed by atoms with van der Waals surface area (Å²) >= 11 is 0. The maximum atomic E-state index is 12.7. The highest BCUT2D eigenvalue weighted by Crippen LogP contribution is 2.35. The maximum Gasteiger partial charge on any atom is 0.223 e. The molecule has 0 aliphatic carbocycles. The molecule has 0 saturated carbocycles. The zero-order chi connectivity index (χ0) is 15.5. The van der Waals surface area contributed by atoms with Crippen LogP contribution in [0, 0.1) is 5.92 Å². The zero-order valence-corrected chi connectivity index (χ0v) is 13.1. The molecule has 1 aliphatic heterocycles. The summed E-state index contributed by atoms with van der Waals surface area (Å²) in [6, 6.07) is 4.18. The van der Waals surface area contributed by atoms with Crippen LogP contribution in [0.2, 0.25) is 0 Å². The molecule has 2 atom stereocenters. The molecule has 5 nitrogen and oxygen atoms in total. The first-order valence-corrected chi connectivity index (χ1v) is 7.79. The summed E-state index contributed by atoms with van der Waals surface area (Å²) in [6.45, 7) is 3.04. The molecule has 3 rings (SSSR count). The molecular weight excluding hydrogens is 276 g/mol. The molecule has 5 heteroatoms. The fraction of sp³-hybridized carbons (Fsp3) is 0.471. The Kier molecular flexibility index (Phi) is 4.22. The molecule has 2 aromatic rings. The number of imidazole rings is 1. The second kappa shape index (κ2) is 6.30. The minimum absolute atomic E-state index is 0.169. The molecule has 0 spiro atoms. The van der Waals surface area contributed by atoms with E-state index >= 15 is 0 Å². The SMILES string of the molecule is C[C@@H]1C[C@@H](c2cccnc2)N(C(=O)CCc2cncn2C)C1. The van der Waals surface area contributed by atoms with Crippen LogP contribution >= 0.6 is 0 Å². The lowest BCUT2D eigenvalue weighted by molar-refractivity contribution is -0.132. The third kappa shape index (κ3) is 3.03. The molecule has 0 radical (unpaired) electrons. The summed E-state index contributed by atoms with van der Waals surface area (Å²) in [7, 11) is 1.96. The average molecular weight is 298 g/mol. The van der Waals surface area contributed by atoms with Gasteiger partial charge in [0.05, 0.1) is 12.4 Å². The topological polar surface area (TPSA) is 51.0 Å². The maximum absolute atomic E-state index is 12.7. The number of carbonyl (C=O) groups is 1. The standard InChI is InChI=1S/C17H22N4O/c1-13-8-16(14-4-3-7-18-9-14)21(11-13)17(22)6-5-15-10-19-12-20(15)2/h3-4,7,9-10,12-13,16H,5-6,8,11H2,1-2H3/t13-,16+/m1/s1. The Labute approximate surface area is 131 Å². The quantitative estimate of drug-likeness (QED) is 0.870. The Morgan fingerprint density at radius 1 is 1.36 bits per heavy atom. The van der Waals surface area contributed by atoms with Crippen molar-refractivity contribution in [2.45, 2.75) is 32.2 Å². The van der Waals surface area contributed by atoms with Crippen molar-refractivity contribution in [2.75, 3.05) is 6.54 Å². The molecular formula is C17H22N4O. The molecule has 1 fully saturated rings. The van der Waals surface area contributed by atoms with Crippen LogP contribution < -0.4 is 0 Å². The number of hydrogen-bond donors (Lipinski definition) is 0. The smallest absolute Gasteiger partial charge is 0.223 e. The largest absolute Gasteiger partial charge is 0.338 e. The van der Waals surface area contributed by atoms with Crippen LogP contribution in [0.4, 0.5) is 0 Å². The molecule has 0 aromatic carbocycles. The second-order valence-corrected chi connectivity index (χ2v) is 6.19. The lowest BCUT2D eigenvalue weighted by Crippen LogP contribution is -2.31. The molecule has 1 amide bonds. The Morgan fingerprint density at radius 3 is 2.91 bits per heavy atom. The fourth-order valence-electron chi connectivity index (χ4n) is 3.21. The minimum Gasteiger partial charge on any atom is -0.338 e. The third-order valence-electron chi connectivity index (χ3n) is 4.41. The summed E-state index contributed by atoms with van der Waals surface area (Å²) in [6.07, 6.45) is 9.54. The lowest BCUT2D eigenvalue weighted by atomic mass is 10.0. The monoisotopic (exact) mass is 298 g/mol. The van der Waals surface area contributed by atoms with Crippen molar-refractivity contribution in [1.82, 2.24) is 19.4 Å². The summed E-state index contributed by atoms with van der Waals surface area (Å²) in [5, 5.41) is 0. The number of rotatable bonds is 4. The number of hydrogen-bond acceptors (Lipinski definition) is 3. The first-order chi connectivity index (χ1) is 10.6. The van der Waals surface area contributed by atoms with Crippen LogP contribution in [-0.4, -0.2) is 31.9 Å². The Morgan fingerprint density at radius 2 is 2.23 bits per heavy atom. The van der Waals surface area contributed by atoms with Crippen LogP contribution in [0.25, 0.3) is 0 Å². The van der Waals surface area contributed by atoms with E-state index in [0.717, 1.165) is 30.6 Å². The van der Waals surface area contributed by atoms with E-state index in [1.165, 1.54) is 0 Å². The second-order valence-electron chi connectivity index (χ2n) is 6.19. The molecule has 1 aliphatic rings. The highest BCUT2D eigenvalue weighted by Gasteiger charge is 2.33. The fourth-order valence-corrected chi connectivity index (χ4v) is 3.21. The van der Waals surface area contributed by atoms with Gasteiger partial charge in [0.15, 0.2) is 0 Å². The Hall–Kier alpha value is -2.17. The molecule has 0 N–H and O–H groups in total. The van der Waals surface area contributed by atoms with Crippen LogP contribution in [0.15, 0.2) is 37.1 Å². The first kappa shape index (κ1) is 14.8. The van der Waals surface area contributed by atoms with Gasteiger partial charge in [0.2, 0.25) is 5.91 Å². The van der Waals surface area contributed by atoms with Crippen LogP contribution in [0.1, 0.15) is 37.1 Å². The number of pyridine rings is 1. The highest BCUT2D eigenvalue weighted by molar-refractivity contribution is 5.77. The van der Waals surface area contributed by atoms with E-state index in [9.17, 15) is 4.79 Å². The van der Waals surface area contributed by atoms with Crippen molar-refractivity contribution in [1.29, 1.82) is 0 Å². The lowest BCUT2D eigenvalue weighted by Gasteiger charge is -2.25. The van der Waals surface area contributed by atoms with Crippen molar-refractivity contribution >= 4 is 5.91 Å². The van der Waals surface area contributed by atoms with Crippen molar-refractivity contribution < 1.29 is 4.79 Å². The van der Waals surface area contributed by atoms with Gasteiger partial charge in [0.25, 0.3) is 0 Å². The highest BCUT2D eigenvalue weighted by atomic mass is 16.2. The van der Waals surface area contributed by atoms with Crippen molar-refractivity contribution in [3.8, 4) is 0 Å². The predicted molar refractivity (Wildman–Crippen MR) is 84.0 cm³/mol. The summed E-state index contributed by atoms with van der Waals surface area (Å²) in [5.41, 5.74) is 2.24. The van der Waals surface area contributed by atoms with Crippen LogP contribution in [0.3, 0.4) is 0 Å². The van der Waals surface area contributed by atoms with E-state index < -0.39 is 0 Å². The van der Waals surface area contributed by atoms with E-state index in [-0.39, 0.29) is 11.9 Å². The van der Waals surface area contributed by atoms with E-state index in [1.807, 2.05) is 35.0 Å². The van der Waals surface area contributed by atoms with Gasteiger partial charge >= 0.3 is 0 Å². The number of amides is 1. The van der Waals surface area contributed by atoms with Crippen molar-refractivity contribution in [3.63, 3.8) is 0 Å². The van der Waals surface area contributed by atoms with Gasteiger partial charge in [-0.25, -0.2) is 4.98 Å². The van der Waals surface area contributed by atoms with E-state index in [4.69, 9.17) is 0 Å². The predicted octanol–water partition coefficient (Wildman–Crippen LogP) is 2.36. The summed E-state index contributed by atoms with van der Waals surface area (Å²) in [4.78, 5) is 23.0. The Balaban J connectivity index is 1.69. The van der Waals surface area contributed by atoms with Gasteiger partial charge in [-0.15, -0.1) is 0 Å². The van der Waals surface area contributed by atoms with E-state index in [1.54, 1.807) is 12.5 Å². The average Bonchev–Trinajstić information content (AvgIpc) is 3.11. The number of aryl methyl sites for hydroxylation is 2. The van der Waals surface area contributed by atoms with E-state index in [0.29, 0.717) is 12.3 Å². The van der Waals surface area contributed by atoms with Crippen LogP contribution in [-0.2, 0) is 18.3 Å². The van der Waals surface area contributed by atoms with Crippen molar-refractivity contribution in [3.05, 3.63) is 48.3 Å². The van der Waals surface area contributed by atoms with Gasteiger partial charge in [-0.1, -0.05) is 13.0 Å². The first-order valence-electron chi connectivity index (χ1n) is 7.79. The van der Waals surface area contributed by atoms with Gasteiger partial charge < -0.3 is 9.47 Å². The molecule has 3 heterocycles. The minimum atomic E-state index is 0.169. The Bertz CT molecular complexity index is 637. The molecule has 0 unspecified atom stereocenters. The summed E-state index contributed by atoms with van der Waals surface area (Å²) in [5.74, 6) is 0.755. The van der Waals surface area contributed by atoms with Gasteiger partial charge in [-0.3, -0.25) is 9.78 Å². The van der Waals surface area contributed by atoms with Gasteiger partial charge in [0, 0.05) is 44.3 Å².